The molecule has 120 valence electrons. The second-order valence-electron chi connectivity index (χ2n) is 4.75. The van der Waals surface area contributed by atoms with Gasteiger partial charge in [0.05, 0.1) is 0 Å². The standard InChI is InChI=1S/C14H16FN3O2S.ClH/c15-11-3-1-2-4-12(11)19-8-13-17-14(20-18-13)7-10-9-21-6-5-16-10;/h1-4,10,16H,5-9H2;1H. The van der Waals surface area contributed by atoms with Gasteiger partial charge >= 0.3 is 0 Å². The van der Waals surface area contributed by atoms with Crippen LogP contribution in [0.5, 0.6) is 5.75 Å². The van der Waals surface area contributed by atoms with E-state index < -0.39 is 5.82 Å². The maximum Gasteiger partial charge on any atom is 0.228 e. The molecule has 2 heterocycles. The zero-order valence-corrected chi connectivity index (χ0v) is 13.5. The predicted octanol–water partition coefficient (Wildman–Crippen LogP) is 2.46. The van der Waals surface area contributed by atoms with Gasteiger partial charge in [-0.1, -0.05) is 17.3 Å². The molecular formula is C14H17ClFN3O2S. The van der Waals surface area contributed by atoms with Crippen molar-refractivity contribution in [2.45, 2.75) is 19.1 Å². The van der Waals surface area contributed by atoms with E-state index in [1.807, 2.05) is 11.8 Å². The molecule has 1 fully saturated rings. The number of hydrogen-bond donors (Lipinski definition) is 1. The van der Waals surface area contributed by atoms with Gasteiger partial charge in [-0.3, -0.25) is 0 Å². The summed E-state index contributed by atoms with van der Waals surface area (Å²) in [5, 5.41) is 7.27. The zero-order valence-electron chi connectivity index (χ0n) is 11.8. The van der Waals surface area contributed by atoms with E-state index in [1.165, 1.54) is 6.07 Å². The number of ether oxygens (including phenoxy) is 1. The largest absolute Gasteiger partial charge is 0.482 e. The summed E-state index contributed by atoms with van der Waals surface area (Å²) in [5.41, 5.74) is 0. The average Bonchev–Trinajstić information content (AvgIpc) is 2.95. The van der Waals surface area contributed by atoms with Gasteiger partial charge in [-0.25, -0.2) is 4.39 Å². The lowest BCUT2D eigenvalue weighted by atomic mass is 10.2. The van der Waals surface area contributed by atoms with Crippen molar-refractivity contribution in [2.24, 2.45) is 0 Å². The normalized spacial score (nSPS) is 17.8. The Labute approximate surface area is 138 Å². The molecule has 1 aromatic heterocycles. The molecule has 1 unspecified atom stereocenters. The summed E-state index contributed by atoms with van der Waals surface area (Å²) in [7, 11) is 0. The minimum atomic E-state index is -0.398. The second-order valence-corrected chi connectivity index (χ2v) is 5.90. The molecule has 0 amide bonds. The number of halogens is 2. The molecule has 0 bridgehead atoms. The fourth-order valence-electron chi connectivity index (χ4n) is 2.10. The lowest BCUT2D eigenvalue weighted by Gasteiger charge is -2.21. The van der Waals surface area contributed by atoms with Crippen LogP contribution >= 0.6 is 24.2 Å². The minimum absolute atomic E-state index is 0. The van der Waals surface area contributed by atoms with Gasteiger partial charge in [-0.15, -0.1) is 12.4 Å². The highest BCUT2D eigenvalue weighted by Gasteiger charge is 2.17. The Balaban J connectivity index is 0.00000176. The van der Waals surface area contributed by atoms with Gasteiger partial charge in [-0.2, -0.15) is 16.7 Å². The number of rotatable bonds is 5. The summed E-state index contributed by atoms with van der Waals surface area (Å²) in [4.78, 5) is 4.27. The molecule has 1 saturated heterocycles. The highest BCUT2D eigenvalue weighted by atomic mass is 35.5. The Bertz CT molecular complexity index is 593. The number of benzene rings is 1. The topological polar surface area (TPSA) is 60.2 Å². The average molecular weight is 346 g/mol. The summed E-state index contributed by atoms with van der Waals surface area (Å²) >= 11 is 1.92. The maximum atomic E-state index is 13.4. The van der Waals surface area contributed by atoms with Crippen molar-refractivity contribution in [1.29, 1.82) is 0 Å². The van der Waals surface area contributed by atoms with E-state index in [4.69, 9.17) is 9.26 Å². The molecule has 1 atom stereocenters. The van der Waals surface area contributed by atoms with Gasteiger partial charge in [0.25, 0.3) is 0 Å². The molecule has 1 aliphatic heterocycles. The second kappa shape index (κ2) is 8.36. The van der Waals surface area contributed by atoms with Gasteiger partial charge in [0.1, 0.15) is 0 Å². The first kappa shape index (κ1) is 17.1. The molecule has 0 spiro atoms. The maximum absolute atomic E-state index is 13.4. The Kier molecular flexibility index (Phi) is 6.48. The van der Waals surface area contributed by atoms with Crippen LogP contribution in [0.1, 0.15) is 11.7 Å². The summed E-state index contributed by atoms with van der Waals surface area (Å²) in [5.74, 6) is 2.99. The molecule has 3 rings (SSSR count). The summed E-state index contributed by atoms with van der Waals surface area (Å²) < 4.78 is 24.0. The van der Waals surface area contributed by atoms with Gasteiger partial charge in [0.15, 0.2) is 18.2 Å². The van der Waals surface area contributed by atoms with Gasteiger partial charge in [0.2, 0.25) is 11.7 Å². The highest BCUT2D eigenvalue weighted by molar-refractivity contribution is 7.99. The van der Waals surface area contributed by atoms with Crippen LogP contribution in [-0.4, -0.2) is 34.2 Å². The quantitative estimate of drug-likeness (QED) is 0.898. The SMILES string of the molecule is Cl.Fc1ccccc1OCc1noc(CC2CSCCN2)n1. The van der Waals surface area contributed by atoms with Crippen molar-refractivity contribution in [3.05, 3.63) is 41.8 Å². The van der Waals surface area contributed by atoms with E-state index >= 15 is 0 Å². The van der Waals surface area contributed by atoms with E-state index in [9.17, 15) is 4.39 Å². The van der Waals surface area contributed by atoms with Gasteiger partial charge in [0, 0.05) is 30.5 Å². The number of aromatic nitrogens is 2. The van der Waals surface area contributed by atoms with Crippen molar-refractivity contribution in [3.63, 3.8) is 0 Å². The third-order valence-corrected chi connectivity index (χ3v) is 4.25. The van der Waals surface area contributed by atoms with Gasteiger partial charge in [-0.05, 0) is 12.1 Å². The number of hydrogen-bond acceptors (Lipinski definition) is 6. The smallest absolute Gasteiger partial charge is 0.228 e. The summed E-state index contributed by atoms with van der Waals surface area (Å²) in [6.07, 6.45) is 0.708. The van der Waals surface area contributed by atoms with Crippen LogP contribution in [0, 0.1) is 5.82 Å². The highest BCUT2D eigenvalue weighted by Crippen LogP contribution is 2.17. The number of para-hydroxylation sites is 1. The van der Waals surface area contributed by atoms with E-state index in [1.54, 1.807) is 18.2 Å². The molecule has 1 aromatic carbocycles. The summed E-state index contributed by atoms with van der Waals surface area (Å²) in [6, 6.07) is 6.61. The minimum Gasteiger partial charge on any atom is -0.482 e. The number of thioether (sulfide) groups is 1. The van der Waals surface area contributed by atoms with E-state index in [-0.39, 0.29) is 24.8 Å². The molecular weight excluding hydrogens is 329 g/mol. The molecule has 8 heteroatoms. The summed E-state index contributed by atoms with van der Waals surface area (Å²) in [6.45, 7) is 1.10. The fraction of sp³-hybridized carbons (Fsp3) is 0.429. The first-order valence-electron chi connectivity index (χ1n) is 6.81. The van der Waals surface area contributed by atoms with Crippen LogP contribution in [0.3, 0.4) is 0 Å². The van der Waals surface area contributed by atoms with Crippen LogP contribution in [-0.2, 0) is 13.0 Å². The third-order valence-electron chi connectivity index (χ3n) is 3.12. The van der Waals surface area contributed by atoms with E-state index in [0.717, 1.165) is 18.1 Å². The Morgan fingerprint density at radius 3 is 3.05 bits per heavy atom. The number of nitrogens with zero attached hydrogens (tertiary/aromatic N) is 2. The number of nitrogens with one attached hydrogen (secondary N) is 1. The van der Waals surface area contributed by atoms with Crippen molar-refractivity contribution in [1.82, 2.24) is 15.5 Å². The molecule has 1 N–H and O–H groups in total. The lowest BCUT2D eigenvalue weighted by molar-refractivity contribution is 0.272. The van der Waals surface area contributed by atoms with Crippen LogP contribution in [0.15, 0.2) is 28.8 Å². The van der Waals surface area contributed by atoms with Crippen molar-refractivity contribution in [2.75, 3.05) is 18.1 Å². The Morgan fingerprint density at radius 2 is 2.27 bits per heavy atom. The van der Waals surface area contributed by atoms with Crippen LogP contribution in [0.2, 0.25) is 0 Å². The first-order chi connectivity index (χ1) is 10.3. The Hall–Kier alpha value is -1.31. The van der Waals surface area contributed by atoms with Gasteiger partial charge < -0.3 is 14.6 Å². The third kappa shape index (κ3) is 4.59. The van der Waals surface area contributed by atoms with E-state index in [0.29, 0.717) is 24.2 Å². The molecule has 0 radical (unpaired) electrons. The van der Waals surface area contributed by atoms with Crippen LogP contribution in [0.25, 0.3) is 0 Å². The Morgan fingerprint density at radius 1 is 1.41 bits per heavy atom. The predicted molar refractivity (Wildman–Crippen MR) is 85.1 cm³/mol. The lowest BCUT2D eigenvalue weighted by Crippen LogP contribution is -2.38. The zero-order chi connectivity index (χ0) is 14.5. The van der Waals surface area contributed by atoms with E-state index in [2.05, 4.69) is 15.5 Å². The van der Waals surface area contributed by atoms with Crippen molar-refractivity contribution < 1.29 is 13.7 Å². The molecule has 22 heavy (non-hydrogen) atoms. The fourth-order valence-corrected chi connectivity index (χ4v) is 3.05. The van der Waals surface area contributed by atoms with Crippen molar-refractivity contribution in [3.8, 4) is 5.75 Å². The van der Waals surface area contributed by atoms with Crippen LogP contribution < -0.4 is 10.1 Å². The molecule has 5 nitrogen and oxygen atoms in total. The first-order valence-corrected chi connectivity index (χ1v) is 7.96. The molecule has 2 aromatic rings. The molecule has 1 aliphatic rings. The molecule has 0 aliphatic carbocycles. The van der Waals surface area contributed by atoms with Crippen molar-refractivity contribution >= 4 is 24.2 Å². The monoisotopic (exact) mass is 345 g/mol. The van der Waals surface area contributed by atoms with Crippen LogP contribution in [0.4, 0.5) is 4.39 Å². The molecule has 0 saturated carbocycles.